The van der Waals surface area contributed by atoms with Gasteiger partial charge in [-0.15, -0.1) is 0 Å². The summed E-state index contributed by atoms with van der Waals surface area (Å²) in [7, 11) is 0. The number of benzene rings is 4. The molecule has 4 aromatic carbocycles. The minimum Gasteiger partial charge on any atom is -0.308 e. The highest BCUT2D eigenvalue weighted by Gasteiger charge is 2.28. The molecule has 38 heavy (non-hydrogen) atoms. The van der Waals surface area contributed by atoms with E-state index in [0.29, 0.717) is 5.56 Å². The van der Waals surface area contributed by atoms with Crippen molar-refractivity contribution in [3.8, 4) is 22.9 Å². The van der Waals surface area contributed by atoms with Gasteiger partial charge in [-0.1, -0.05) is 30.3 Å². The van der Waals surface area contributed by atoms with Gasteiger partial charge in [0.2, 0.25) is 0 Å². The van der Waals surface area contributed by atoms with Crippen molar-refractivity contribution in [3.05, 3.63) is 121 Å². The number of nitrogens with zero attached hydrogens (tertiary/aromatic N) is 5. The Morgan fingerprint density at radius 3 is 2.16 bits per heavy atom. The molecule has 0 saturated heterocycles. The number of fused-ring (bicyclic) bond motifs is 5. The lowest BCUT2D eigenvalue weighted by Gasteiger charge is -2.33. The Kier molecular flexibility index (Phi) is 4.23. The van der Waals surface area contributed by atoms with Crippen LogP contribution in [0.25, 0.3) is 49.4 Å². The zero-order chi connectivity index (χ0) is 25.2. The summed E-state index contributed by atoms with van der Waals surface area (Å²) in [5.41, 5.74) is 9.30. The summed E-state index contributed by atoms with van der Waals surface area (Å²) in [6.07, 6.45) is 7.38. The lowest BCUT2D eigenvalue weighted by molar-refractivity contribution is 1.14. The number of anilines is 3. The molecule has 0 atom stereocenters. The fourth-order valence-corrected chi connectivity index (χ4v) is 5.91. The quantitative estimate of drug-likeness (QED) is 0.249. The number of nitriles is 1. The molecule has 4 heterocycles. The lowest BCUT2D eigenvalue weighted by Crippen LogP contribution is -2.15. The molecule has 0 radical (unpaired) electrons. The van der Waals surface area contributed by atoms with Crippen LogP contribution >= 0.6 is 0 Å². The molecule has 3 aromatic heterocycles. The zero-order valence-corrected chi connectivity index (χ0v) is 20.2. The average molecular weight is 486 g/mol. The Labute approximate surface area is 218 Å². The smallest absolute Gasteiger partial charge is 0.0991 e. The zero-order valence-electron chi connectivity index (χ0n) is 20.2. The molecular weight excluding hydrogens is 466 g/mol. The lowest BCUT2D eigenvalue weighted by atomic mass is 9.90. The van der Waals surface area contributed by atoms with Crippen molar-refractivity contribution in [2.24, 2.45) is 0 Å². The molecule has 7 aromatic rings. The molecule has 0 saturated carbocycles. The minimum absolute atomic E-state index is 0.643. The van der Waals surface area contributed by atoms with E-state index in [4.69, 9.17) is 0 Å². The molecule has 0 aliphatic carbocycles. The van der Waals surface area contributed by atoms with Gasteiger partial charge in [-0.25, -0.2) is 0 Å². The summed E-state index contributed by atoms with van der Waals surface area (Å²) in [5.74, 6) is 0. The molecule has 0 fully saturated rings. The van der Waals surface area contributed by atoms with Gasteiger partial charge in [-0.3, -0.25) is 9.97 Å². The van der Waals surface area contributed by atoms with Crippen molar-refractivity contribution in [1.29, 1.82) is 5.26 Å². The first-order valence-electron chi connectivity index (χ1n) is 12.5. The van der Waals surface area contributed by atoms with Crippen molar-refractivity contribution in [2.75, 3.05) is 4.90 Å². The molecule has 1 aliphatic heterocycles. The van der Waals surface area contributed by atoms with Crippen LogP contribution in [0.2, 0.25) is 0 Å². The second-order valence-electron chi connectivity index (χ2n) is 9.50. The molecule has 0 spiro atoms. The number of hydrogen-bond acceptors (Lipinski definition) is 4. The highest BCUT2D eigenvalue weighted by atomic mass is 15.2. The van der Waals surface area contributed by atoms with Crippen LogP contribution in [0.1, 0.15) is 5.56 Å². The molecule has 5 nitrogen and oxygen atoms in total. The summed E-state index contributed by atoms with van der Waals surface area (Å²) in [6, 6.07) is 33.8. The Morgan fingerprint density at radius 2 is 1.39 bits per heavy atom. The first-order valence-corrected chi connectivity index (χ1v) is 12.5. The van der Waals surface area contributed by atoms with Crippen LogP contribution in [0.15, 0.2) is 116 Å². The Hall–Kier alpha value is -5.47. The maximum Gasteiger partial charge on any atom is 0.0991 e. The van der Waals surface area contributed by atoms with Crippen LogP contribution < -0.4 is 4.90 Å². The normalized spacial score (nSPS) is 12.1. The molecular formula is C33H19N5. The van der Waals surface area contributed by atoms with Crippen molar-refractivity contribution in [2.45, 2.75) is 0 Å². The van der Waals surface area contributed by atoms with E-state index >= 15 is 0 Å². The van der Waals surface area contributed by atoms with Crippen molar-refractivity contribution in [3.63, 3.8) is 0 Å². The third kappa shape index (κ3) is 2.80. The first-order chi connectivity index (χ1) is 18.8. The predicted molar refractivity (Wildman–Crippen MR) is 152 cm³/mol. The van der Waals surface area contributed by atoms with Crippen molar-refractivity contribution < 1.29 is 0 Å². The van der Waals surface area contributed by atoms with Crippen LogP contribution in [0, 0.1) is 11.3 Å². The van der Waals surface area contributed by atoms with E-state index in [2.05, 4.69) is 86.2 Å². The second-order valence-corrected chi connectivity index (χ2v) is 9.50. The van der Waals surface area contributed by atoms with Gasteiger partial charge in [0, 0.05) is 34.1 Å². The summed E-state index contributed by atoms with van der Waals surface area (Å²) in [5, 5.41) is 14.2. The van der Waals surface area contributed by atoms with Gasteiger partial charge in [0.05, 0.1) is 57.8 Å². The number of hydrogen-bond donors (Lipinski definition) is 0. The molecule has 176 valence electrons. The second kappa shape index (κ2) is 7.76. The highest BCUT2D eigenvalue weighted by molar-refractivity contribution is 6.19. The van der Waals surface area contributed by atoms with Crippen LogP contribution in [-0.2, 0) is 0 Å². The molecule has 8 rings (SSSR count). The number of rotatable bonds is 2. The predicted octanol–water partition coefficient (Wildman–Crippen LogP) is 8.05. The van der Waals surface area contributed by atoms with E-state index < -0.39 is 0 Å². The van der Waals surface area contributed by atoms with Crippen molar-refractivity contribution >= 4 is 49.6 Å². The van der Waals surface area contributed by atoms with E-state index in [1.54, 1.807) is 12.4 Å². The maximum absolute atomic E-state index is 9.68. The first kappa shape index (κ1) is 20.7. The highest BCUT2D eigenvalue weighted by Crippen LogP contribution is 2.52. The van der Waals surface area contributed by atoms with Crippen LogP contribution in [0.5, 0.6) is 0 Å². The van der Waals surface area contributed by atoms with Crippen LogP contribution in [0.3, 0.4) is 0 Å². The van der Waals surface area contributed by atoms with Crippen LogP contribution in [-0.4, -0.2) is 14.5 Å². The van der Waals surface area contributed by atoms with Gasteiger partial charge in [0.25, 0.3) is 0 Å². The van der Waals surface area contributed by atoms with Crippen LogP contribution in [0.4, 0.5) is 17.1 Å². The van der Waals surface area contributed by atoms with E-state index in [1.165, 1.54) is 16.3 Å². The van der Waals surface area contributed by atoms with Gasteiger partial charge in [0.15, 0.2) is 0 Å². The van der Waals surface area contributed by atoms with E-state index in [1.807, 2.05) is 42.7 Å². The van der Waals surface area contributed by atoms with Gasteiger partial charge in [0.1, 0.15) is 0 Å². The third-order valence-corrected chi connectivity index (χ3v) is 7.47. The largest absolute Gasteiger partial charge is 0.308 e. The molecule has 1 aliphatic rings. The van der Waals surface area contributed by atoms with Gasteiger partial charge >= 0.3 is 0 Å². The summed E-state index contributed by atoms with van der Waals surface area (Å²) < 4.78 is 2.24. The number of aromatic nitrogens is 3. The van der Waals surface area contributed by atoms with Gasteiger partial charge in [-0.05, 0) is 71.6 Å². The average Bonchev–Trinajstić information content (AvgIpc) is 3.30. The maximum atomic E-state index is 9.68. The molecule has 0 amide bonds. The Bertz CT molecular complexity index is 2080. The van der Waals surface area contributed by atoms with E-state index in [0.717, 1.165) is 50.1 Å². The fraction of sp³-hybridized carbons (Fsp3) is 0. The Morgan fingerprint density at radius 1 is 0.632 bits per heavy atom. The van der Waals surface area contributed by atoms with Gasteiger partial charge in [-0.2, -0.15) is 5.26 Å². The SMILES string of the molecule is N#Cc1ccc2c(c1)c1cc3c(cc1n2-c1cccnc1)N(c1cccnc1)c1cccc2cccc-3c12. The molecule has 0 unspecified atom stereocenters. The summed E-state index contributed by atoms with van der Waals surface area (Å²) in [6.45, 7) is 0. The molecule has 0 N–H and O–H groups in total. The Balaban J connectivity index is 1.56. The standard InChI is InChI=1S/C33H19N5/c34-18-21-11-12-29-26(15-21)28-16-27-25-9-1-5-22-6-2-10-30(33(22)25)38(24-8-4-14-36-20-24)31(27)17-32(28)37(29)23-7-3-13-35-19-23/h1-17,19-20H. The minimum atomic E-state index is 0.643. The summed E-state index contributed by atoms with van der Waals surface area (Å²) >= 11 is 0. The van der Waals surface area contributed by atoms with Crippen molar-refractivity contribution in [1.82, 2.24) is 14.5 Å². The topological polar surface area (TPSA) is 57.7 Å². The van der Waals surface area contributed by atoms with Gasteiger partial charge < -0.3 is 9.47 Å². The number of pyridine rings is 2. The van der Waals surface area contributed by atoms with E-state index in [9.17, 15) is 5.26 Å². The molecule has 0 bridgehead atoms. The monoisotopic (exact) mass is 485 g/mol. The summed E-state index contributed by atoms with van der Waals surface area (Å²) in [4.78, 5) is 11.2. The fourth-order valence-electron chi connectivity index (χ4n) is 5.91. The molecule has 5 heteroatoms. The van der Waals surface area contributed by atoms with E-state index in [-0.39, 0.29) is 0 Å². The third-order valence-electron chi connectivity index (χ3n) is 7.47.